The van der Waals surface area contributed by atoms with E-state index in [1.165, 1.54) is 32.7 Å². The van der Waals surface area contributed by atoms with Crippen LogP contribution in [0.5, 0.6) is 0 Å². The first-order valence-corrected chi connectivity index (χ1v) is 6.71. The van der Waals surface area contributed by atoms with E-state index in [1.54, 1.807) is 0 Å². The number of carboxylic acid groups (broad SMARTS) is 2. The van der Waals surface area contributed by atoms with Gasteiger partial charge in [-0.25, -0.2) is 9.59 Å². The third kappa shape index (κ3) is 15.3. The Balaban J connectivity index is 0. The molecule has 12 heteroatoms. The molecular weight excluding hydrogens is 350 g/mol. The minimum Gasteiger partial charge on any atom is -0.475 e. The average molecular weight is 370 g/mol. The summed E-state index contributed by atoms with van der Waals surface area (Å²) in [5.41, 5.74) is 0. The summed E-state index contributed by atoms with van der Waals surface area (Å²) < 4.78 is 63.5. The maximum absolute atomic E-state index is 10.6. The van der Waals surface area contributed by atoms with E-state index in [2.05, 4.69) is 24.1 Å². The zero-order chi connectivity index (χ0) is 19.6. The molecule has 1 aliphatic rings. The van der Waals surface area contributed by atoms with Crippen LogP contribution in [0, 0.1) is 5.92 Å². The lowest BCUT2D eigenvalue weighted by atomic mass is 10.2. The molecule has 0 spiro atoms. The van der Waals surface area contributed by atoms with Crippen molar-refractivity contribution in [2.45, 2.75) is 26.2 Å². The number of hydrogen-bond acceptors (Lipinski definition) is 4. The predicted molar refractivity (Wildman–Crippen MR) is 71.5 cm³/mol. The Labute approximate surface area is 134 Å². The van der Waals surface area contributed by atoms with Crippen molar-refractivity contribution >= 4 is 11.9 Å². The number of hydrogen-bond donors (Lipinski definition) is 3. The van der Waals surface area contributed by atoms with Gasteiger partial charge in [0.15, 0.2) is 0 Å². The van der Waals surface area contributed by atoms with Crippen molar-refractivity contribution in [2.75, 3.05) is 32.7 Å². The topological polar surface area (TPSA) is 89.9 Å². The Kier molecular flexibility index (Phi) is 11.4. The van der Waals surface area contributed by atoms with Crippen LogP contribution >= 0.6 is 0 Å². The van der Waals surface area contributed by atoms with Gasteiger partial charge in [0.25, 0.3) is 0 Å². The summed E-state index contributed by atoms with van der Waals surface area (Å²) in [7, 11) is 0. The van der Waals surface area contributed by atoms with Crippen molar-refractivity contribution in [1.29, 1.82) is 0 Å². The lowest BCUT2D eigenvalue weighted by molar-refractivity contribution is -0.193. The number of piperazine rings is 1. The first-order chi connectivity index (χ1) is 10.7. The fourth-order valence-corrected chi connectivity index (χ4v) is 1.41. The Bertz CT molecular complexity index is 355. The molecule has 0 aromatic carbocycles. The molecule has 144 valence electrons. The van der Waals surface area contributed by atoms with Gasteiger partial charge in [0.05, 0.1) is 0 Å². The second kappa shape index (κ2) is 11.1. The zero-order valence-corrected chi connectivity index (χ0v) is 13.0. The van der Waals surface area contributed by atoms with Crippen molar-refractivity contribution < 1.29 is 46.1 Å². The van der Waals surface area contributed by atoms with Gasteiger partial charge in [-0.15, -0.1) is 0 Å². The summed E-state index contributed by atoms with van der Waals surface area (Å²) in [6, 6.07) is 0. The number of aliphatic carboxylic acids is 2. The van der Waals surface area contributed by atoms with Crippen LogP contribution in [0.4, 0.5) is 26.3 Å². The third-order valence-electron chi connectivity index (χ3n) is 2.32. The molecular formula is C12H20F6N2O4. The number of alkyl halides is 6. The highest BCUT2D eigenvalue weighted by molar-refractivity contribution is 5.73. The summed E-state index contributed by atoms with van der Waals surface area (Å²) >= 11 is 0. The van der Waals surface area contributed by atoms with Crippen molar-refractivity contribution in [2.24, 2.45) is 5.92 Å². The van der Waals surface area contributed by atoms with E-state index in [0.29, 0.717) is 0 Å². The van der Waals surface area contributed by atoms with Gasteiger partial charge in [0.2, 0.25) is 0 Å². The fourth-order valence-electron chi connectivity index (χ4n) is 1.41. The van der Waals surface area contributed by atoms with Gasteiger partial charge in [-0.05, 0) is 5.92 Å². The molecule has 3 N–H and O–H groups in total. The Morgan fingerprint density at radius 3 is 1.46 bits per heavy atom. The quantitative estimate of drug-likeness (QED) is 0.643. The molecule has 0 aliphatic carbocycles. The van der Waals surface area contributed by atoms with E-state index in [0.717, 1.165) is 5.92 Å². The molecule has 0 atom stereocenters. The SMILES string of the molecule is CC(C)CN1CCNCC1.O=C(O)C(F)(F)F.O=C(O)C(F)(F)F. The van der Waals surface area contributed by atoms with Crippen molar-refractivity contribution in [3.8, 4) is 0 Å². The van der Waals surface area contributed by atoms with E-state index < -0.39 is 24.3 Å². The smallest absolute Gasteiger partial charge is 0.475 e. The zero-order valence-electron chi connectivity index (χ0n) is 13.0. The number of nitrogens with zero attached hydrogens (tertiary/aromatic N) is 1. The van der Waals surface area contributed by atoms with Gasteiger partial charge in [-0.2, -0.15) is 26.3 Å². The van der Waals surface area contributed by atoms with Gasteiger partial charge in [-0.3, -0.25) is 0 Å². The van der Waals surface area contributed by atoms with E-state index in [-0.39, 0.29) is 0 Å². The molecule has 1 saturated heterocycles. The normalized spacial score (nSPS) is 15.7. The molecule has 0 unspecified atom stereocenters. The summed E-state index contributed by atoms with van der Waals surface area (Å²) in [6.07, 6.45) is -10.2. The molecule has 1 aliphatic heterocycles. The Morgan fingerprint density at radius 1 is 0.958 bits per heavy atom. The van der Waals surface area contributed by atoms with Gasteiger partial charge in [0, 0.05) is 32.7 Å². The van der Waals surface area contributed by atoms with E-state index >= 15 is 0 Å². The standard InChI is InChI=1S/C8H18N2.2C2HF3O2/c1-8(2)7-10-5-3-9-4-6-10;2*3-2(4,5)1(6)7/h8-9H,3-7H2,1-2H3;2*(H,6,7). The molecule has 6 nitrogen and oxygen atoms in total. The molecule has 1 fully saturated rings. The van der Waals surface area contributed by atoms with E-state index in [1.807, 2.05) is 0 Å². The minimum absolute atomic E-state index is 0.818. The summed E-state index contributed by atoms with van der Waals surface area (Å²) in [6.45, 7) is 10.6. The molecule has 0 aromatic rings. The molecule has 1 heterocycles. The lowest BCUT2D eigenvalue weighted by Crippen LogP contribution is -2.44. The largest absolute Gasteiger partial charge is 0.490 e. The highest BCUT2D eigenvalue weighted by Gasteiger charge is 2.38. The molecule has 0 radical (unpaired) electrons. The van der Waals surface area contributed by atoms with Gasteiger partial charge in [-0.1, -0.05) is 13.8 Å². The van der Waals surface area contributed by atoms with E-state index in [9.17, 15) is 26.3 Å². The van der Waals surface area contributed by atoms with Crippen molar-refractivity contribution in [3.63, 3.8) is 0 Å². The maximum atomic E-state index is 10.6. The van der Waals surface area contributed by atoms with Gasteiger partial charge >= 0.3 is 24.3 Å². The number of carbonyl (C=O) groups is 2. The molecule has 0 bridgehead atoms. The third-order valence-corrected chi connectivity index (χ3v) is 2.32. The molecule has 0 amide bonds. The van der Waals surface area contributed by atoms with Crippen LogP contribution in [-0.4, -0.2) is 72.1 Å². The van der Waals surface area contributed by atoms with E-state index in [4.69, 9.17) is 19.8 Å². The van der Waals surface area contributed by atoms with Crippen LogP contribution in [0.25, 0.3) is 0 Å². The second-order valence-corrected chi connectivity index (χ2v) is 5.05. The predicted octanol–water partition coefficient (Wildman–Crippen LogP) is 1.81. The van der Waals surface area contributed by atoms with Gasteiger partial charge in [0.1, 0.15) is 0 Å². The Morgan fingerprint density at radius 2 is 1.25 bits per heavy atom. The average Bonchev–Trinajstić information content (AvgIpc) is 2.38. The molecule has 24 heavy (non-hydrogen) atoms. The number of nitrogens with one attached hydrogen (secondary N) is 1. The molecule has 1 rings (SSSR count). The molecule has 0 aromatic heterocycles. The highest BCUT2D eigenvalue weighted by atomic mass is 19.4. The van der Waals surface area contributed by atoms with Crippen LogP contribution in [0.1, 0.15) is 13.8 Å². The van der Waals surface area contributed by atoms with Crippen LogP contribution in [0.2, 0.25) is 0 Å². The Hall–Kier alpha value is -1.56. The van der Waals surface area contributed by atoms with Crippen molar-refractivity contribution in [3.05, 3.63) is 0 Å². The number of rotatable bonds is 2. The van der Waals surface area contributed by atoms with Crippen molar-refractivity contribution in [1.82, 2.24) is 10.2 Å². The summed E-state index contributed by atoms with van der Waals surface area (Å²) in [5.74, 6) is -4.70. The second-order valence-electron chi connectivity index (χ2n) is 5.05. The van der Waals surface area contributed by atoms with Crippen LogP contribution in [0.15, 0.2) is 0 Å². The van der Waals surface area contributed by atoms with Crippen LogP contribution < -0.4 is 5.32 Å². The fraction of sp³-hybridized carbons (Fsp3) is 0.833. The van der Waals surface area contributed by atoms with Gasteiger partial charge < -0.3 is 20.4 Å². The summed E-state index contributed by atoms with van der Waals surface area (Å²) in [5, 5.41) is 17.6. The monoisotopic (exact) mass is 370 g/mol. The number of carboxylic acids is 2. The lowest BCUT2D eigenvalue weighted by Gasteiger charge is -2.28. The number of halogens is 6. The minimum atomic E-state index is -5.08. The first kappa shape index (κ1) is 24.7. The maximum Gasteiger partial charge on any atom is 0.490 e. The van der Waals surface area contributed by atoms with Crippen LogP contribution in [0.3, 0.4) is 0 Å². The summed E-state index contributed by atoms with van der Waals surface area (Å²) in [4.78, 5) is 20.3. The highest BCUT2D eigenvalue weighted by Crippen LogP contribution is 2.13. The molecule has 0 saturated carbocycles. The van der Waals surface area contributed by atoms with Crippen LogP contribution in [-0.2, 0) is 9.59 Å². The first-order valence-electron chi connectivity index (χ1n) is 6.71.